The summed E-state index contributed by atoms with van der Waals surface area (Å²) in [5.41, 5.74) is 1.45. The summed E-state index contributed by atoms with van der Waals surface area (Å²) in [7, 11) is 2.18. The van der Waals surface area contributed by atoms with Crippen molar-refractivity contribution in [3.8, 4) is 0 Å². The van der Waals surface area contributed by atoms with Crippen molar-refractivity contribution in [2.75, 3.05) is 33.3 Å². The molecule has 31 heavy (non-hydrogen) atoms. The molecule has 3 aliphatic rings. The number of carbonyl (C=O) groups excluding carboxylic acids is 2. The van der Waals surface area contributed by atoms with E-state index in [0.29, 0.717) is 38.2 Å². The lowest BCUT2D eigenvalue weighted by Crippen LogP contribution is -2.50. The van der Waals surface area contributed by atoms with Crippen LogP contribution in [0.25, 0.3) is 0 Å². The normalized spacial score (nSPS) is 20.3. The molecular weight excluding hydrogens is 396 g/mol. The smallest absolute Gasteiger partial charge is 0.271 e. The largest absolute Gasteiger partial charge is 0.365 e. The number of imidazole rings is 1. The molecule has 1 spiro atoms. The second-order valence-electron chi connectivity index (χ2n) is 9.22. The summed E-state index contributed by atoms with van der Waals surface area (Å²) >= 11 is 0. The first kappa shape index (κ1) is 20.4. The maximum absolute atomic E-state index is 12.8. The van der Waals surface area contributed by atoms with E-state index in [0.717, 1.165) is 31.4 Å². The van der Waals surface area contributed by atoms with Crippen LogP contribution in [0.1, 0.15) is 65.1 Å². The zero-order chi connectivity index (χ0) is 21.6. The van der Waals surface area contributed by atoms with Gasteiger partial charge in [-0.2, -0.15) is 5.10 Å². The molecule has 1 saturated heterocycles. The van der Waals surface area contributed by atoms with Crippen molar-refractivity contribution in [3.63, 3.8) is 0 Å². The van der Waals surface area contributed by atoms with Gasteiger partial charge in [0.05, 0.1) is 12.3 Å². The second kappa shape index (κ2) is 7.87. The molecule has 2 aromatic heterocycles. The van der Waals surface area contributed by atoms with Crippen molar-refractivity contribution >= 4 is 11.7 Å². The lowest BCUT2D eigenvalue weighted by molar-refractivity contribution is -0.112. The third-order valence-corrected chi connectivity index (χ3v) is 6.77. The van der Waals surface area contributed by atoms with Gasteiger partial charge in [-0.05, 0) is 31.9 Å². The van der Waals surface area contributed by atoms with Gasteiger partial charge >= 0.3 is 0 Å². The van der Waals surface area contributed by atoms with Gasteiger partial charge in [0.15, 0.2) is 5.78 Å². The van der Waals surface area contributed by atoms with Crippen LogP contribution in [0.5, 0.6) is 0 Å². The number of ketones is 1. The molecule has 0 atom stereocenters. The van der Waals surface area contributed by atoms with Crippen LogP contribution in [-0.2, 0) is 23.4 Å². The number of nitrogens with one attached hydrogen (secondary N) is 1. The first-order valence-electron chi connectivity index (χ1n) is 11.2. The SMILES string of the molecule is CC(=O)c1cc(C(=O)N2CCC3(CC2)OCCn2c(CN(C)CC4CC4)cnc23)[nH]n1. The number of rotatable bonds is 6. The molecule has 9 heteroatoms. The number of likely N-dealkylation sites (tertiary alicyclic amines) is 1. The molecule has 0 bridgehead atoms. The van der Waals surface area contributed by atoms with Crippen LogP contribution < -0.4 is 0 Å². The number of ether oxygens (including phenoxy) is 1. The van der Waals surface area contributed by atoms with Crippen molar-refractivity contribution in [2.45, 2.75) is 51.3 Å². The third kappa shape index (κ3) is 3.92. The standard InChI is InChI=1S/C22H30N6O3/c1-15(29)18-11-19(25-24-18)20(30)27-7-5-22(6-8-27)21-23-12-17(28(21)9-10-31-22)14-26(2)13-16-3-4-16/h11-12,16H,3-10,13-14H2,1-2H3,(H,24,25). The van der Waals surface area contributed by atoms with Gasteiger partial charge in [-0.25, -0.2) is 4.98 Å². The number of carbonyl (C=O) groups is 2. The van der Waals surface area contributed by atoms with Gasteiger partial charge in [-0.1, -0.05) is 0 Å². The molecule has 1 saturated carbocycles. The van der Waals surface area contributed by atoms with Crippen molar-refractivity contribution in [1.82, 2.24) is 29.5 Å². The predicted molar refractivity (Wildman–Crippen MR) is 113 cm³/mol. The Kier molecular flexibility index (Phi) is 5.18. The Labute approximate surface area is 181 Å². The van der Waals surface area contributed by atoms with Crippen LogP contribution >= 0.6 is 0 Å². The Morgan fingerprint density at radius 1 is 1.29 bits per heavy atom. The van der Waals surface area contributed by atoms with Gasteiger partial charge in [-0.15, -0.1) is 0 Å². The average molecular weight is 427 g/mol. The van der Waals surface area contributed by atoms with Gasteiger partial charge in [0.25, 0.3) is 5.91 Å². The summed E-state index contributed by atoms with van der Waals surface area (Å²) in [5, 5.41) is 6.62. The minimum Gasteiger partial charge on any atom is -0.365 e. The van der Waals surface area contributed by atoms with E-state index in [1.165, 1.54) is 31.5 Å². The highest BCUT2D eigenvalue weighted by Crippen LogP contribution is 2.39. The highest BCUT2D eigenvalue weighted by Gasteiger charge is 2.44. The van der Waals surface area contributed by atoms with E-state index in [-0.39, 0.29) is 17.4 Å². The van der Waals surface area contributed by atoms with Crippen molar-refractivity contribution in [3.05, 3.63) is 35.2 Å². The summed E-state index contributed by atoms with van der Waals surface area (Å²) in [6, 6.07) is 1.53. The van der Waals surface area contributed by atoms with Crippen LogP contribution in [-0.4, -0.2) is 74.5 Å². The molecule has 2 aliphatic heterocycles. The Morgan fingerprint density at radius 3 is 2.74 bits per heavy atom. The number of H-pyrrole nitrogens is 1. The van der Waals surface area contributed by atoms with E-state index in [4.69, 9.17) is 9.72 Å². The van der Waals surface area contributed by atoms with E-state index >= 15 is 0 Å². The minimum absolute atomic E-state index is 0.128. The lowest BCUT2D eigenvalue weighted by Gasteiger charge is -2.43. The number of hydrogen-bond donors (Lipinski definition) is 1. The van der Waals surface area contributed by atoms with Gasteiger partial charge in [-0.3, -0.25) is 14.7 Å². The van der Waals surface area contributed by atoms with Crippen LogP contribution in [0.2, 0.25) is 0 Å². The van der Waals surface area contributed by atoms with Gasteiger partial charge in [0.2, 0.25) is 0 Å². The Balaban J connectivity index is 1.27. The Hall–Kier alpha value is -2.52. The fraction of sp³-hybridized carbons (Fsp3) is 0.636. The van der Waals surface area contributed by atoms with E-state index in [2.05, 4.69) is 26.7 Å². The third-order valence-electron chi connectivity index (χ3n) is 6.77. The van der Waals surface area contributed by atoms with Gasteiger partial charge in [0.1, 0.15) is 22.8 Å². The van der Waals surface area contributed by atoms with Crippen LogP contribution in [0.3, 0.4) is 0 Å². The number of amides is 1. The summed E-state index contributed by atoms with van der Waals surface area (Å²) < 4.78 is 8.63. The zero-order valence-electron chi connectivity index (χ0n) is 18.3. The highest BCUT2D eigenvalue weighted by molar-refractivity contribution is 5.97. The molecule has 1 amide bonds. The average Bonchev–Trinajstić information content (AvgIpc) is 3.25. The molecule has 9 nitrogen and oxygen atoms in total. The molecule has 0 unspecified atom stereocenters. The molecule has 0 radical (unpaired) electrons. The van der Waals surface area contributed by atoms with Crippen molar-refractivity contribution in [1.29, 1.82) is 0 Å². The molecular formula is C22H30N6O3. The number of piperidine rings is 1. The molecule has 2 fully saturated rings. The number of fused-ring (bicyclic) bond motifs is 2. The summed E-state index contributed by atoms with van der Waals surface area (Å²) in [4.78, 5) is 33.3. The topological polar surface area (TPSA) is 96.4 Å². The number of nitrogens with zero attached hydrogens (tertiary/aromatic N) is 5. The lowest BCUT2D eigenvalue weighted by atomic mass is 9.89. The van der Waals surface area contributed by atoms with Crippen LogP contribution in [0.4, 0.5) is 0 Å². The molecule has 1 N–H and O–H groups in total. The molecule has 5 rings (SSSR count). The van der Waals surface area contributed by atoms with E-state index in [9.17, 15) is 9.59 Å². The molecule has 166 valence electrons. The Morgan fingerprint density at radius 2 is 2.06 bits per heavy atom. The fourth-order valence-corrected chi connectivity index (χ4v) is 4.85. The summed E-state index contributed by atoms with van der Waals surface area (Å²) in [6.45, 7) is 6.15. The summed E-state index contributed by atoms with van der Waals surface area (Å²) in [5.74, 6) is 1.58. The van der Waals surface area contributed by atoms with E-state index < -0.39 is 5.60 Å². The van der Waals surface area contributed by atoms with Gasteiger partial charge < -0.3 is 19.1 Å². The highest BCUT2D eigenvalue weighted by atomic mass is 16.5. The van der Waals surface area contributed by atoms with Crippen molar-refractivity contribution < 1.29 is 14.3 Å². The van der Waals surface area contributed by atoms with E-state index in [1.54, 1.807) is 4.90 Å². The first-order chi connectivity index (χ1) is 14.9. The zero-order valence-corrected chi connectivity index (χ0v) is 18.3. The maximum atomic E-state index is 12.8. The molecule has 1 aliphatic carbocycles. The molecule has 0 aromatic carbocycles. The van der Waals surface area contributed by atoms with Crippen LogP contribution in [0, 0.1) is 5.92 Å². The monoisotopic (exact) mass is 426 g/mol. The number of aromatic amines is 1. The van der Waals surface area contributed by atoms with Gasteiger partial charge in [0, 0.05) is 58.7 Å². The predicted octanol–water partition coefficient (Wildman–Crippen LogP) is 1.81. The second-order valence-corrected chi connectivity index (χ2v) is 9.22. The molecule has 4 heterocycles. The first-order valence-corrected chi connectivity index (χ1v) is 11.2. The summed E-state index contributed by atoms with van der Waals surface area (Å²) in [6.07, 6.45) is 6.13. The number of Topliss-reactive ketones (excluding diaryl/α,β-unsaturated/α-hetero) is 1. The van der Waals surface area contributed by atoms with E-state index in [1.807, 2.05) is 6.20 Å². The quantitative estimate of drug-likeness (QED) is 0.708. The van der Waals surface area contributed by atoms with Crippen LogP contribution in [0.15, 0.2) is 12.3 Å². The minimum atomic E-state index is -0.430. The Bertz CT molecular complexity index is 983. The maximum Gasteiger partial charge on any atom is 0.271 e. The molecule has 2 aromatic rings. The number of aromatic nitrogens is 4. The van der Waals surface area contributed by atoms with Crippen molar-refractivity contribution in [2.24, 2.45) is 5.92 Å². The fourth-order valence-electron chi connectivity index (χ4n) is 4.85. The number of hydrogen-bond acceptors (Lipinski definition) is 6.